The van der Waals surface area contributed by atoms with Gasteiger partial charge in [-0.25, -0.2) is 0 Å². The molecule has 0 spiro atoms. The van der Waals surface area contributed by atoms with Gasteiger partial charge in [0.05, 0.1) is 0 Å². The molecule has 0 saturated heterocycles. The smallest absolute Gasteiger partial charge is 0.0139 e. The number of hydrogen-bond donors (Lipinski definition) is 0. The lowest BCUT2D eigenvalue weighted by molar-refractivity contribution is 0.180. The summed E-state index contributed by atoms with van der Waals surface area (Å²) in [5.41, 5.74) is 4.60. The van der Waals surface area contributed by atoms with E-state index in [0.717, 1.165) is 12.5 Å². The zero-order valence-electron chi connectivity index (χ0n) is 12.9. The molecule has 0 amide bonds. The van der Waals surface area contributed by atoms with Gasteiger partial charge in [0, 0.05) is 12.5 Å². The summed E-state index contributed by atoms with van der Waals surface area (Å²) in [7, 11) is 0. The molecule has 0 N–H and O–H groups in total. The van der Waals surface area contributed by atoms with Crippen LogP contribution in [0.25, 0.3) is 0 Å². The van der Waals surface area contributed by atoms with Gasteiger partial charge in [-0.3, -0.25) is 0 Å². The first kappa shape index (κ1) is 15.7. The highest BCUT2D eigenvalue weighted by atomic mass is 32.1. The third-order valence-electron chi connectivity index (χ3n) is 4.40. The highest BCUT2D eigenvalue weighted by molar-refractivity contribution is 7.78. The molecule has 0 fully saturated rings. The minimum atomic E-state index is 0.730. The third-order valence-corrected chi connectivity index (χ3v) is 4.56. The summed E-state index contributed by atoms with van der Waals surface area (Å²) in [6.07, 6.45) is 7.21. The zero-order valence-corrected chi connectivity index (χ0v) is 13.7. The Morgan fingerprint density at radius 1 is 1.25 bits per heavy atom. The van der Waals surface area contributed by atoms with Crippen molar-refractivity contribution in [2.24, 2.45) is 0 Å². The summed E-state index contributed by atoms with van der Waals surface area (Å²) in [6, 6.07) is 7.49. The van der Waals surface area contributed by atoms with Crippen molar-refractivity contribution in [3.63, 3.8) is 0 Å². The molecule has 1 unspecified atom stereocenters. The van der Waals surface area contributed by atoms with Crippen molar-refractivity contribution < 1.29 is 0 Å². The van der Waals surface area contributed by atoms with Crippen LogP contribution in [0.15, 0.2) is 18.2 Å². The fourth-order valence-electron chi connectivity index (χ4n) is 3.49. The van der Waals surface area contributed by atoms with E-state index in [9.17, 15) is 0 Å². The molecule has 0 aliphatic heterocycles. The second kappa shape index (κ2) is 7.90. The Balaban J connectivity index is 2.17. The van der Waals surface area contributed by atoms with Crippen molar-refractivity contribution in [2.45, 2.75) is 58.4 Å². The van der Waals surface area contributed by atoms with Crippen molar-refractivity contribution in [3.05, 3.63) is 34.9 Å². The Bertz CT molecular complexity index is 435. The Hall–Kier alpha value is -0.730. The Labute approximate surface area is 129 Å². The van der Waals surface area contributed by atoms with Crippen LogP contribution in [-0.2, 0) is 19.3 Å². The molecule has 0 radical (unpaired) electrons. The lowest BCUT2D eigenvalue weighted by Gasteiger charge is -2.35. The van der Waals surface area contributed by atoms with Gasteiger partial charge in [-0.2, -0.15) is 0 Å². The van der Waals surface area contributed by atoms with Crippen LogP contribution in [0.1, 0.15) is 49.8 Å². The van der Waals surface area contributed by atoms with Gasteiger partial charge >= 0.3 is 0 Å². The fourth-order valence-corrected chi connectivity index (χ4v) is 3.67. The van der Waals surface area contributed by atoms with Crippen LogP contribution in [0, 0.1) is 0 Å². The molecular formula is C18H27NS. The number of fused-ring (bicyclic) bond motifs is 1. The summed E-state index contributed by atoms with van der Waals surface area (Å²) in [4.78, 5) is 2.71. The first-order chi connectivity index (χ1) is 9.80. The second-order valence-corrected chi connectivity index (χ2v) is 6.19. The van der Waals surface area contributed by atoms with Gasteiger partial charge in [-0.05, 0) is 67.3 Å². The SMILES string of the molecule is CCCN(CCC)C1CCc2cccc(CC=S)c2C1. The molecule has 1 atom stereocenters. The average molecular weight is 289 g/mol. The standard InChI is InChI=1S/C18H27NS/c1-3-11-19(12-4-2)17-9-8-15-6-5-7-16(10-13-20)18(15)14-17/h5-7,13,17H,3-4,8-12,14H2,1-2H3. The van der Waals surface area contributed by atoms with Crippen molar-refractivity contribution >= 4 is 17.6 Å². The van der Waals surface area contributed by atoms with Crippen LogP contribution in [0.5, 0.6) is 0 Å². The van der Waals surface area contributed by atoms with Gasteiger partial charge in [0.25, 0.3) is 0 Å². The largest absolute Gasteiger partial charge is 0.300 e. The van der Waals surface area contributed by atoms with E-state index < -0.39 is 0 Å². The van der Waals surface area contributed by atoms with Gasteiger partial charge in [0.2, 0.25) is 0 Å². The number of benzene rings is 1. The van der Waals surface area contributed by atoms with Crippen LogP contribution in [-0.4, -0.2) is 29.4 Å². The highest BCUT2D eigenvalue weighted by Gasteiger charge is 2.24. The topological polar surface area (TPSA) is 3.24 Å². The molecule has 2 heteroatoms. The molecule has 1 aliphatic carbocycles. The lowest BCUT2D eigenvalue weighted by Crippen LogP contribution is -2.40. The Kier molecular flexibility index (Phi) is 6.18. The maximum absolute atomic E-state index is 5.07. The molecule has 110 valence electrons. The van der Waals surface area contributed by atoms with Crippen LogP contribution >= 0.6 is 12.2 Å². The summed E-state index contributed by atoms with van der Waals surface area (Å²) < 4.78 is 0. The van der Waals surface area contributed by atoms with E-state index in [4.69, 9.17) is 12.2 Å². The van der Waals surface area contributed by atoms with Gasteiger partial charge in [0.1, 0.15) is 0 Å². The lowest BCUT2D eigenvalue weighted by atomic mass is 9.84. The van der Waals surface area contributed by atoms with Gasteiger partial charge in [-0.15, -0.1) is 0 Å². The molecule has 1 aromatic rings. The minimum absolute atomic E-state index is 0.730. The Morgan fingerprint density at radius 2 is 2.00 bits per heavy atom. The molecule has 1 nitrogen and oxygen atoms in total. The van der Waals surface area contributed by atoms with Crippen molar-refractivity contribution in [2.75, 3.05) is 13.1 Å². The first-order valence-corrected chi connectivity index (χ1v) is 8.54. The van der Waals surface area contributed by atoms with E-state index in [1.807, 2.05) is 5.37 Å². The summed E-state index contributed by atoms with van der Waals surface area (Å²) >= 11 is 5.07. The number of hydrogen-bond acceptors (Lipinski definition) is 2. The minimum Gasteiger partial charge on any atom is -0.300 e. The third kappa shape index (κ3) is 3.67. The maximum atomic E-state index is 5.07. The second-order valence-electron chi connectivity index (χ2n) is 5.86. The fraction of sp³-hybridized carbons (Fsp3) is 0.611. The summed E-state index contributed by atoms with van der Waals surface area (Å²) in [6.45, 7) is 7.06. The molecule has 0 heterocycles. The Morgan fingerprint density at radius 3 is 2.65 bits per heavy atom. The predicted octanol–water partition coefficient (Wildman–Crippen LogP) is 4.21. The molecule has 20 heavy (non-hydrogen) atoms. The monoisotopic (exact) mass is 289 g/mol. The first-order valence-electron chi connectivity index (χ1n) is 8.07. The normalized spacial score (nSPS) is 18.1. The molecular weight excluding hydrogens is 262 g/mol. The van der Waals surface area contributed by atoms with E-state index in [0.29, 0.717) is 0 Å². The van der Waals surface area contributed by atoms with E-state index in [2.05, 4.69) is 36.9 Å². The van der Waals surface area contributed by atoms with Crippen LogP contribution in [0.4, 0.5) is 0 Å². The highest BCUT2D eigenvalue weighted by Crippen LogP contribution is 2.27. The van der Waals surface area contributed by atoms with Crippen LogP contribution < -0.4 is 0 Å². The summed E-state index contributed by atoms with van der Waals surface area (Å²) in [5, 5.41) is 1.87. The van der Waals surface area contributed by atoms with Crippen molar-refractivity contribution in [1.29, 1.82) is 0 Å². The predicted molar refractivity (Wildman–Crippen MR) is 91.8 cm³/mol. The van der Waals surface area contributed by atoms with E-state index >= 15 is 0 Å². The molecule has 1 aromatic carbocycles. The zero-order chi connectivity index (χ0) is 14.4. The van der Waals surface area contributed by atoms with Crippen molar-refractivity contribution in [3.8, 4) is 0 Å². The molecule has 0 saturated carbocycles. The quantitative estimate of drug-likeness (QED) is 0.692. The van der Waals surface area contributed by atoms with Gasteiger partial charge in [-0.1, -0.05) is 44.3 Å². The number of nitrogens with zero attached hydrogens (tertiary/aromatic N) is 1. The van der Waals surface area contributed by atoms with Gasteiger partial charge < -0.3 is 4.90 Å². The number of rotatable bonds is 7. The summed E-state index contributed by atoms with van der Waals surface area (Å²) in [5.74, 6) is 0. The molecule has 2 rings (SSSR count). The number of thiocarbonyl (C=S) groups is 1. The molecule has 0 aromatic heterocycles. The van der Waals surface area contributed by atoms with E-state index in [1.54, 1.807) is 11.1 Å². The van der Waals surface area contributed by atoms with Crippen LogP contribution in [0.3, 0.4) is 0 Å². The average Bonchev–Trinajstić information content (AvgIpc) is 2.47. The van der Waals surface area contributed by atoms with Gasteiger partial charge in [0.15, 0.2) is 0 Å². The van der Waals surface area contributed by atoms with Crippen LogP contribution in [0.2, 0.25) is 0 Å². The molecule has 0 bridgehead atoms. The number of aryl methyl sites for hydroxylation is 1. The molecule has 1 aliphatic rings. The van der Waals surface area contributed by atoms with Crippen molar-refractivity contribution in [1.82, 2.24) is 4.90 Å². The maximum Gasteiger partial charge on any atom is 0.0139 e. The van der Waals surface area contributed by atoms with E-state index in [-0.39, 0.29) is 0 Å². The van der Waals surface area contributed by atoms with E-state index in [1.165, 1.54) is 50.8 Å².